The molecule has 5 aromatic rings. The normalized spacial score (nSPS) is 22.1. The Hall–Kier alpha value is -4.73. The number of thiophene rings is 1. The zero-order valence-electron chi connectivity index (χ0n) is 28.3. The van der Waals surface area contributed by atoms with Gasteiger partial charge in [0.05, 0.1) is 5.25 Å². The number of rotatable bonds is 8. The van der Waals surface area contributed by atoms with Crippen molar-refractivity contribution in [2.24, 2.45) is 0 Å². The van der Waals surface area contributed by atoms with Gasteiger partial charge in [0.2, 0.25) is 0 Å². The van der Waals surface area contributed by atoms with E-state index in [9.17, 15) is 14.7 Å². The molecule has 256 valence electrons. The fraction of sp³-hybridized carbons (Fsp3) is 0.209. The Morgan fingerprint density at radius 2 is 1.55 bits per heavy atom. The Morgan fingerprint density at radius 1 is 0.863 bits per heavy atom. The van der Waals surface area contributed by atoms with Crippen LogP contribution in [0.4, 0.5) is 0 Å². The molecular formula is C43H36O6S2. The molecule has 0 bridgehead atoms. The van der Waals surface area contributed by atoms with E-state index in [1.165, 1.54) is 11.3 Å². The van der Waals surface area contributed by atoms with Crippen molar-refractivity contribution in [3.8, 4) is 22.6 Å². The van der Waals surface area contributed by atoms with Crippen molar-refractivity contribution in [1.82, 2.24) is 0 Å². The molecule has 0 amide bonds. The summed E-state index contributed by atoms with van der Waals surface area (Å²) in [5.74, 6) is 1.64. The molecule has 3 aliphatic rings. The van der Waals surface area contributed by atoms with Crippen molar-refractivity contribution in [2.75, 3.05) is 5.75 Å². The van der Waals surface area contributed by atoms with Crippen LogP contribution in [-0.4, -0.2) is 34.2 Å². The topological polar surface area (TPSA) is 82.1 Å². The second-order valence-electron chi connectivity index (χ2n) is 13.3. The molecule has 1 saturated heterocycles. The maximum atomic E-state index is 14.1. The van der Waals surface area contributed by atoms with Crippen molar-refractivity contribution in [3.05, 3.63) is 165 Å². The first-order valence-corrected chi connectivity index (χ1v) is 18.8. The van der Waals surface area contributed by atoms with Crippen LogP contribution < -0.4 is 4.74 Å². The molecule has 0 spiro atoms. The second-order valence-corrected chi connectivity index (χ2v) is 15.6. The third-order valence-corrected chi connectivity index (χ3v) is 12.4. The largest absolute Gasteiger partial charge is 0.456 e. The first kappa shape index (κ1) is 33.4. The fourth-order valence-electron chi connectivity index (χ4n) is 7.56. The van der Waals surface area contributed by atoms with Crippen LogP contribution in [-0.2, 0) is 25.5 Å². The molecule has 2 aliphatic heterocycles. The summed E-state index contributed by atoms with van der Waals surface area (Å²) in [6, 6.07) is 30.8. The van der Waals surface area contributed by atoms with Crippen LogP contribution in [0.3, 0.4) is 0 Å². The number of hydrogen-bond acceptors (Lipinski definition) is 8. The minimum Gasteiger partial charge on any atom is -0.456 e. The number of carbonyl (C=O) groups is 2. The van der Waals surface area contributed by atoms with E-state index >= 15 is 0 Å². The quantitative estimate of drug-likeness (QED) is 0.0743. The standard InChI is InChI=1S/C43H36O6S2/c1-25(2)40(45)48-42(37-15-9-21-50-37)31-12-6-5-11-29(31)39(44)30-19-17-27(23-33(30)42)28-18-20-36-34(24-28)43(38-16-10-22-51-38,49-41(46)26(3)4)32-13-7-8-14-35(32)47-36/h5-9,11-15,17-21,23-24,38,40,45H,1,3,10,16,22H2,2,4H3. The summed E-state index contributed by atoms with van der Waals surface area (Å²) in [5, 5.41) is 13.2. The molecule has 1 aromatic heterocycles. The van der Waals surface area contributed by atoms with Gasteiger partial charge in [-0.2, -0.15) is 11.8 Å². The van der Waals surface area contributed by atoms with Crippen LogP contribution in [0.15, 0.2) is 127 Å². The predicted octanol–water partition coefficient (Wildman–Crippen LogP) is 9.53. The summed E-state index contributed by atoms with van der Waals surface area (Å²) < 4.78 is 19.8. The third-order valence-electron chi connectivity index (χ3n) is 9.98. The molecule has 3 heterocycles. The highest BCUT2D eigenvalue weighted by molar-refractivity contribution is 8.00. The highest BCUT2D eigenvalue weighted by Crippen LogP contribution is 2.57. The molecule has 4 aromatic carbocycles. The highest BCUT2D eigenvalue weighted by atomic mass is 32.2. The Labute approximate surface area is 305 Å². The molecule has 0 radical (unpaired) electrons. The second kappa shape index (κ2) is 12.8. The van der Waals surface area contributed by atoms with Crippen LogP contribution in [0.1, 0.15) is 69.7 Å². The van der Waals surface area contributed by atoms with Gasteiger partial charge in [-0.05, 0) is 84.9 Å². The van der Waals surface area contributed by atoms with Crippen molar-refractivity contribution in [3.63, 3.8) is 0 Å². The van der Waals surface area contributed by atoms with E-state index in [2.05, 4.69) is 13.2 Å². The number of esters is 1. The van der Waals surface area contributed by atoms with Gasteiger partial charge in [0.25, 0.3) is 0 Å². The van der Waals surface area contributed by atoms with E-state index in [0.29, 0.717) is 44.9 Å². The maximum absolute atomic E-state index is 14.1. The van der Waals surface area contributed by atoms with Gasteiger partial charge in [-0.1, -0.05) is 79.9 Å². The van der Waals surface area contributed by atoms with Gasteiger partial charge >= 0.3 is 5.97 Å². The zero-order valence-corrected chi connectivity index (χ0v) is 29.9. The van der Waals surface area contributed by atoms with E-state index in [1.54, 1.807) is 25.6 Å². The minimum absolute atomic E-state index is 0.0546. The molecule has 0 saturated carbocycles. The minimum atomic E-state index is -1.31. The summed E-state index contributed by atoms with van der Waals surface area (Å²) in [6.45, 7) is 11.3. The number of hydrogen-bond donors (Lipinski definition) is 1. The van der Waals surface area contributed by atoms with Gasteiger partial charge in [-0.15, -0.1) is 11.3 Å². The molecule has 1 fully saturated rings. The van der Waals surface area contributed by atoms with Crippen LogP contribution in [0, 0.1) is 0 Å². The number of para-hydroxylation sites is 1. The lowest BCUT2D eigenvalue weighted by Gasteiger charge is -2.43. The fourth-order valence-corrected chi connectivity index (χ4v) is 9.94. The smallest absolute Gasteiger partial charge is 0.334 e. The lowest BCUT2D eigenvalue weighted by atomic mass is 9.72. The third kappa shape index (κ3) is 5.23. The Kier molecular flexibility index (Phi) is 8.38. The summed E-state index contributed by atoms with van der Waals surface area (Å²) in [4.78, 5) is 28.5. The number of aliphatic hydroxyl groups is 1. The first-order valence-electron chi connectivity index (χ1n) is 16.9. The monoisotopic (exact) mass is 712 g/mol. The van der Waals surface area contributed by atoms with Crippen molar-refractivity contribution in [2.45, 2.75) is 49.4 Å². The number of ketones is 1. The Morgan fingerprint density at radius 3 is 2.25 bits per heavy atom. The van der Waals surface area contributed by atoms with Crippen LogP contribution in [0.2, 0.25) is 0 Å². The number of aliphatic hydroxyl groups excluding tert-OH is 1. The van der Waals surface area contributed by atoms with E-state index in [4.69, 9.17) is 14.2 Å². The number of fused-ring (bicyclic) bond motifs is 4. The van der Waals surface area contributed by atoms with Crippen molar-refractivity contribution < 1.29 is 28.9 Å². The van der Waals surface area contributed by atoms with E-state index in [0.717, 1.165) is 45.7 Å². The van der Waals surface area contributed by atoms with E-state index in [-0.39, 0.29) is 11.0 Å². The molecule has 51 heavy (non-hydrogen) atoms. The molecule has 1 aliphatic carbocycles. The number of carbonyl (C=O) groups excluding carboxylic acids is 2. The SMILES string of the molecule is C=C(C)C(=O)OC1(C2CCCS2)c2ccccc2Oc2ccc(-c3ccc4c(c3)C(OC(O)C(=C)C)(c3cccs3)c3ccccc3C4=O)cc21. The van der Waals surface area contributed by atoms with Gasteiger partial charge in [0.1, 0.15) is 11.5 Å². The van der Waals surface area contributed by atoms with Crippen molar-refractivity contribution >= 4 is 34.9 Å². The number of benzene rings is 4. The summed E-state index contributed by atoms with van der Waals surface area (Å²) in [7, 11) is 0. The molecule has 1 N–H and O–H groups in total. The van der Waals surface area contributed by atoms with Crippen LogP contribution in [0.5, 0.6) is 11.5 Å². The summed E-state index contributed by atoms with van der Waals surface area (Å²) >= 11 is 3.30. The lowest BCUT2D eigenvalue weighted by Crippen LogP contribution is -2.44. The van der Waals surface area contributed by atoms with Crippen LogP contribution >= 0.6 is 23.1 Å². The van der Waals surface area contributed by atoms with Crippen LogP contribution in [0.25, 0.3) is 11.1 Å². The molecular weight excluding hydrogens is 677 g/mol. The summed E-state index contributed by atoms with van der Waals surface area (Å²) in [5.41, 5.74) is 3.82. The molecule has 6 nitrogen and oxygen atoms in total. The van der Waals surface area contributed by atoms with Gasteiger partial charge < -0.3 is 19.3 Å². The number of thioether (sulfide) groups is 1. The van der Waals surface area contributed by atoms with Gasteiger partial charge in [0.15, 0.2) is 23.3 Å². The van der Waals surface area contributed by atoms with Crippen molar-refractivity contribution in [1.29, 1.82) is 0 Å². The summed E-state index contributed by atoms with van der Waals surface area (Å²) in [6.07, 6.45) is 0.553. The lowest BCUT2D eigenvalue weighted by molar-refractivity contribution is -0.152. The molecule has 4 unspecified atom stereocenters. The number of ether oxygens (including phenoxy) is 3. The van der Waals surface area contributed by atoms with Gasteiger partial charge in [0, 0.05) is 43.8 Å². The van der Waals surface area contributed by atoms with E-state index < -0.39 is 23.5 Å². The highest BCUT2D eigenvalue weighted by Gasteiger charge is 2.53. The molecule has 8 heteroatoms. The maximum Gasteiger partial charge on any atom is 0.334 e. The average Bonchev–Trinajstić information content (AvgIpc) is 3.89. The zero-order chi connectivity index (χ0) is 35.5. The van der Waals surface area contributed by atoms with Gasteiger partial charge in [-0.25, -0.2) is 4.79 Å². The average molecular weight is 713 g/mol. The van der Waals surface area contributed by atoms with E-state index in [1.807, 2.05) is 102 Å². The molecule has 4 atom stereocenters. The van der Waals surface area contributed by atoms with Gasteiger partial charge in [-0.3, -0.25) is 4.79 Å². The predicted molar refractivity (Wildman–Crippen MR) is 202 cm³/mol. The Bertz CT molecular complexity index is 2230. The first-order chi connectivity index (χ1) is 24.6. The molecule has 8 rings (SSSR count). The Balaban J connectivity index is 1.36.